The number of rotatable bonds is 3. The van der Waals surface area contributed by atoms with Crippen LogP contribution in [0.3, 0.4) is 0 Å². The maximum Gasteiger partial charge on any atom is 0.211 e. The van der Waals surface area contributed by atoms with E-state index < -0.39 is 10.0 Å². The molecule has 0 aliphatic heterocycles. The van der Waals surface area contributed by atoms with Gasteiger partial charge in [-0.2, -0.15) is 0 Å². The van der Waals surface area contributed by atoms with Crippen molar-refractivity contribution >= 4 is 10.0 Å². The molecule has 0 heterocycles. The highest BCUT2D eigenvalue weighted by Gasteiger charge is 2.24. The molecular weight excluding hydrogens is 162 g/mol. The first-order chi connectivity index (χ1) is 5.00. The lowest BCUT2D eigenvalue weighted by Crippen LogP contribution is -2.29. The van der Waals surface area contributed by atoms with Crippen molar-refractivity contribution in [1.29, 1.82) is 0 Å². The Hall–Kier alpha value is -0.0900. The summed E-state index contributed by atoms with van der Waals surface area (Å²) in [4.78, 5) is 0. The van der Waals surface area contributed by atoms with Crippen LogP contribution in [-0.2, 0) is 10.0 Å². The third-order valence-electron chi connectivity index (χ3n) is 2.45. The second-order valence-electron chi connectivity index (χ2n) is 3.43. The zero-order valence-corrected chi connectivity index (χ0v) is 7.60. The molecule has 3 nitrogen and oxygen atoms in total. The summed E-state index contributed by atoms with van der Waals surface area (Å²) in [5, 5.41) is 4.62. The maximum absolute atomic E-state index is 10.8. The fourth-order valence-corrected chi connectivity index (χ4v) is 1.87. The second-order valence-corrected chi connectivity index (χ2v) is 5.42. The van der Waals surface area contributed by atoms with E-state index >= 15 is 0 Å². The van der Waals surface area contributed by atoms with Gasteiger partial charge < -0.3 is 0 Å². The summed E-state index contributed by atoms with van der Waals surface area (Å²) in [6.45, 7) is 1.69. The molecular formula is C7H15NO2S. The molecule has 0 aromatic heterocycles. The van der Waals surface area contributed by atoms with E-state index in [0.29, 0.717) is 5.92 Å². The van der Waals surface area contributed by atoms with Crippen LogP contribution in [0.4, 0.5) is 0 Å². The Bertz CT molecular complexity index is 219. The summed E-state index contributed by atoms with van der Waals surface area (Å²) >= 11 is 0. The molecule has 0 saturated heterocycles. The molecule has 1 saturated carbocycles. The number of hydrogen-bond donors (Lipinski definition) is 1. The number of nitrogens with two attached hydrogens (primary N) is 1. The summed E-state index contributed by atoms with van der Waals surface area (Å²) in [7, 11) is -3.27. The largest absolute Gasteiger partial charge is 0.228 e. The Kier molecular flexibility index (Phi) is 2.54. The van der Waals surface area contributed by atoms with Crippen molar-refractivity contribution in [2.75, 3.05) is 0 Å². The molecule has 0 aromatic rings. The zero-order chi connectivity index (χ0) is 8.48. The smallest absolute Gasteiger partial charge is 0.211 e. The van der Waals surface area contributed by atoms with E-state index in [9.17, 15) is 8.42 Å². The van der Waals surface area contributed by atoms with Gasteiger partial charge in [0.2, 0.25) is 10.0 Å². The van der Waals surface area contributed by atoms with Gasteiger partial charge in [-0.3, -0.25) is 0 Å². The predicted octanol–water partition coefficient (Wildman–Crippen LogP) is 0.854. The van der Waals surface area contributed by atoms with Crippen LogP contribution in [-0.4, -0.2) is 13.7 Å². The minimum absolute atomic E-state index is 0.354. The highest BCUT2D eigenvalue weighted by Crippen LogP contribution is 2.31. The van der Waals surface area contributed by atoms with Gasteiger partial charge in [-0.05, 0) is 19.3 Å². The first kappa shape index (κ1) is 9.00. The summed E-state index contributed by atoms with van der Waals surface area (Å²) in [5.41, 5.74) is 0. The molecule has 1 atom stereocenters. The van der Waals surface area contributed by atoms with Crippen molar-refractivity contribution in [3.63, 3.8) is 0 Å². The van der Waals surface area contributed by atoms with Crippen LogP contribution in [0.2, 0.25) is 0 Å². The Morgan fingerprint density at radius 2 is 2.09 bits per heavy atom. The maximum atomic E-state index is 10.8. The van der Waals surface area contributed by atoms with E-state index in [2.05, 4.69) is 0 Å². The van der Waals surface area contributed by atoms with E-state index in [1.54, 1.807) is 6.92 Å². The Morgan fingerprint density at radius 1 is 1.55 bits per heavy atom. The number of sulfonamides is 1. The highest BCUT2D eigenvalue weighted by atomic mass is 32.2. The topological polar surface area (TPSA) is 60.2 Å². The third kappa shape index (κ3) is 2.45. The quantitative estimate of drug-likeness (QED) is 0.694. The normalized spacial score (nSPS) is 22.7. The van der Waals surface area contributed by atoms with Crippen molar-refractivity contribution in [3.05, 3.63) is 0 Å². The molecule has 0 amide bonds. The van der Waals surface area contributed by atoms with E-state index in [1.807, 2.05) is 0 Å². The lowest BCUT2D eigenvalue weighted by molar-refractivity contribution is 0.294. The van der Waals surface area contributed by atoms with Crippen molar-refractivity contribution in [1.82, 2.24) is 0 Å². The molecule has 1 aliphatic rings. The summed E-state index contributed by atoms with van der Waals surface area (Å²) in [6, 6.07) is 0. The van der Waals surface area contributed by atoms with Crippen molar-refractivity contribution in [2.45, 2.75) is 37.9 Å². The molecule has 1 rings (SSSR count). The van der Waals surface area contributed by atoms with Crippen molar-refractivity contribution < 1.29 is 8.42 Å². The fraction of sp³-hybridized carbons (Fsp3) is 1.00. The average Bonchev–Trinajstić information content (AvgIpc) is 1.75. The molecule has 0 spiro atoms. The zero-order valence-electron chi connectivity index (χ0n) is 6.79. The second kappa shape index (κ2) is 3.11. The lowest BCUT2D eigenvalue weighted by Gasteiger charge is -2.27. The molecule has 66 valence electrons. The van der Waals surface area contributed by atoms with Gasteiger partial charge in [0.15, 0.2) is 0 Å². The van der Waals surface area contributed by atoms with E-state index in [0.717, 1.165) is 6.42 Å². The van der Waals surface area contributed by atoms with Crippen LogP contribution in [0.15, 0.2) is 0 Å². The molecule has 1 aliphatic carbocycles. The molecule has 1 fully saturated rings. The van der Waals surface area contributed by atoms with Crippen LogP contribution in [0.5, 0.6) is 0 Å². The van der Waals surface area contributed by atoms with Gasteiger partial charge in [0.05, 0.1) is 5.25 Å². The van der Waals surface area contributed by atoms with Gasteiger partial charge in [0, 0.05) is 0 Å². The van der Waals surface area contributed by atoms with Crippen LogP contribution < -0.4 is 5.14 Å². The molecule has 0 radical (unpaired) electrons. The molecule has 11 heavy (non-hydrogen) atoms. The molecule has 2 N–H and O–H groups in total. The van der Waals surface area contributed by atoms with Gasteiger partial charge in [-0.1, -0.05) is 19.3 Å². The summed E-state index contributed by atoms with van der Waals surface area (Å²) < 4.78 is 21.6. The van der Waals surface area contributed by atoms with E-state index in [-0.39, 0.29) is 5.25 Å². The van der Waals surface area contributed by atoms with E-state index in [4.69, 9.17) is 5.14 Å². The third-order valence-corrected chi connectivity index (χ3v) is 3.76. The first-order valence-electron chi connectivity index (χ1n) is 4.02. The average molecular weight is 177 g/mol. The Labute approximate surface area is 68.0 Å². The predicted molar refractivity (Wildman–Crippen MR) is 44.5 cm³/mol. The SMILES string of the molecule is CC(CC1CCC1)S(N)(=O)=O. The fourth-order valence-electron chi connectivity index (χ4n) is 1.33. The molecule has 0 bridgehead atoms. The monoisotopic (exact) mass is 177 g/mol. The van der Waals surface area contributed by atoms with Gasteiger partial charge >= 0.3 is 0 Å². The van der Waals surface area contributed by atoms with Gasteiger partial charge in [-0.15, -0.1) is 0 Å². The minimum atomic E-state index is -3.27. The summed E-state index contributed by atoms with van der Waals surface area (Å²) in [5.74, 6) is 0.614. The Morgan fingerprint density at radius 3 is 2.36 bits per heavy atom. The van der Waals surface area contributed by atoms with Crippen LogP contribution >= 0.6 is 0 Å². The first-order valence-corrected chi connectivity index (χ1v) is 5.62. The highest BCUT2D eigenvalue weighted by molar-refractivity contribution is 7.89. The van der Waals surface area contributed by atoms with Crippen molar-refractivity contribution in [2.24, 2.45) is 11.1 Å². The van der Waals surface area contributed by atoms with Gasteiger partial charge in [0.1, 0.15) is 0 Å². The summed E-state index contributed by atoms with van der Waals surface area (Å²) in [6.07, 6.45) is 4.36. The van der Waals surface area contributed by atoms with Crippen LogP contribution in [0.1, 0.15) is 32.6 Å². The molecule has 4 heteroatoms. The Balaban J connectivity index is 2.36. The standard InChI is InChI=1S/C7H15NO2S/c1-6(11(8,9)10)5-7-3-2-4-7/h6-7H,2-5H2,1H3,(H2,8,9,10). The van der Waals surface area contributed by atoms with Crippen molar-refractivity contribution in [3.8, 4) is 0 Å². The minimum Gasteiger partial charge on any atom is -0.228 e. The molecule has 0 aromatic carbocycles. The lowest BCUT2D eigenvalue weighted by atomic mass is 9.82. The number of hydrogen-bond acceptors (Lipinski definition) is 2. The van der Waals surface area contributed by atoms with Crippen LogP contribution in [0.25, 0.3) is 0 Å². The molecule has 1 unspecified atom stereocenters. The van der Waals surface area contributed by atoms with Gasteiger partial charge in [-0.25, -0.2) is 13.6 Å². The van der Waals surface area contributed by atoms with Gasteiger partial charge in [0.25, 0.3) is 0 Å². The van der Waals surface area contributed by atoms with Crippen LogP contribution in [0, 0.1) is 5.92 Å². The van der Waals surface area contributed by atoms with E-state index in [1.165, 1.54) is 19.3 Å². The number of primary sulfonamides is 1.